The number of hydrogen-bond acceptors (Lipinski definition) is 4. The number of pyridine rings is 1. The molecule has 2 heterocycles. The number of alkyl halides is 3. The Bertz CT molecular complexity index is 966. The summed E-state index contributed by atoms with van der Waals surface area (Å²) >= 11 is 0. The predicted molar refractivity (Wildman–Crippen MR) is 72.2 cm³/mol. The first-order valence-electron chi connectivity index (χ1n) is 6.22. The van der Waals surface area contributed by atoms with Crippen molar-refractivity contribution in [3.05, 3.63) is 52.3 Å². The number of nitrogens with one attached hydrogen (secondary N) is 1. The summed E-state index contributed by atoms with van der Waals surface area (Å²) in [5.74, 6) is -2.16. The molecule has 3 rings (SSSR count). The largest absolute Gasteiger partial charge is 0.505 e. The molecule has 0 atom stereocenters. The molecule has 23 heavy (non-hydrogen) atoms. The van der Waals surface area contributed by atoms with Crippen molar-refractivity contribution in [1.82, 2.24) is 15.0 Å². The molecule has 3 aromatic rings. The number of rotatable bonds is 1. The topological polar surface area (TPSA) is 78.9 Å². The summed E-state index contributed by atoms with van der Waals surface area (Å²) in [6, 6.07) is 2.26. The highest BCUT2D eigenvalue weighted by atomic mass is 19.4. The van der Waals surface area contributed by atoms with Crippen molar-refractivity contribution in [3.63, 3.8) is 0 Å². The summed E-state index contributed by atoms with van der Waals surface area (Å²) in [5.41, 5.74) is -4.72. The average Bonchev–Trinajstić information content (AvgIpc) is 2.47. The van der Waals surface area contributed by atoms with Gasteiger partial charge < -0.3 is 10.1 Å². The van der Waals surface area contributed by atoms with E-state index in [-0.39, 0.29) is 11.2 Å². The maximum absolute atomic E-state index is 14.0. The van der Waals surface area contributed by atoms with E-state index in [0.717, 1.165) is 12.1 Å². The molecule has 1 aromatic carbocycles. The van der Waals surface area contributed by atoms with E-state index in [2.05, 4.69) is 15.0 Å². The number of H-pyrrole nitrogens is 1. The molecule has 0 aliphatic rings. The van der Waals surface area contributed by atoms with E-state index >= 15 is 0 Å². The molecule has 2 N–H and O–H groups in total. The van der Waals surface area contributed by atoms with Gasteiger partial charge in [-0.25, -0.2) is 14.4 Å². The standard InChI is InChI=1S/C14H7F4N3O2/c15-7-3-1-2-6(14(16,17)18)8(7)9-11(22)10-12(21-13(9)23)20-5-4-19-10/h1-5H,(H2,20,21,22,23). The molecule has 0 spiro atoms. The highest BCUT2D eigenvalue weighted by Crippen LogP contribution is 2.40. The zero-order chi connectivity index (χ0) is 16.8. The second kappa shape index (κ2) is 5.04. The van der Waals surface area contributed by atoms with E-state index in [1.807, 2.05) is 0 Å². The number of hydrogen-bond donors (Lipinski definition) is 2. The van der Waals surface area contributed by atoms with E-state index in [4.69, 9.17) is 0 Å². The van der Waals surface area contributed by atoms with E-state index in [9.17, 15) is 27.5 Å². The molecule has 0 bridgehead atoms. The first-order chi connectivity index (χ1) is 10.8. The molecular formula is C14H7F4N3O2. The van der Waals surface area contributed by atoms with Crippen molar-refractivity contribution >= 4 is 11.2 Å². The van der Waals surface area contributed by atoms with Crippen LogP contribution in [0.2, 0.25) is 0 Å². The quantitative estimate of drug-likeness (QED) is 0.674. The Hall–Kier alpha value is -2.97. The molecule has 0 saturated heterocycles. The first-order valence-corrected chi connectivity index (χ1v) is 6.22. The Morgan fingerprint density at radius 2 is 1.78 bits per heavy atom. The summed E-state index contributed by atoms with van der Waals surface area (Å²) in [7, 11) is 0. The van der Waals surface area contributed by atoms with Crippen LogP contribution in [0.4, 0.5) is 17.6 Å². The Morgan fingerprint density at radius 3 is 2.48 bits per heavy atom. The van der Waals surface area contributed by atoms with Crippen LogP contribution in [-0.2, 0) is 6.18 Å². The molecule has 0 aliphatic heterocycles. The third-order valence-corrected chi connectivity index (χ3v) is 3.19. The van der Waals surface area contributed by atoms with Gasteiger partial charge in [0.05, 0.1) is 11.1 Å². The normalized spacial score (nSPS) is 11.8. The average molecular weight is 325 g/mol. The van der Waals surface area contributed by atoms with Crippen molar-refractivity contribution in [1.29, 1.82) is 0 Å². The zero-order valence-corrected chi connectivity index (χ0v) is 11.1. The maximum atomic E-state index is 14.0. The lowest BCUT2D eigenvalue weighted by Gasteiger charge is -2.14. The number of aromatic amines is 1. The van der Waals surface area contributed by atoms with Crippen molar-refractivity contribution in [2.24, 2.45) is 0 Å². The number of nitrogens with zero attached hydrogens (tertiary/aromatic N) is 2. The molecule has 0 amide bonds. The fourth-order valence-corrected chi connectivity index (χ4v) is 2.25. The first kappa shape index (κ1) is 14.9. The molecule has 0 radical (unpaired) electrons. The van der Waals surface area contributed by atoms with Gasteiger partial charge >= 0.3 is 6.18 Å². The summed E-state index contributed by atoms with van der Waals surface area (Å²) in [5, 5.41) is 10.1. The van der Waals surface area contributed by atoms with Gasteiger partial charge in [-0.15, -0.1) is 0 Å². The van der Waals surface area contributed by atoms with Gasteiger partial charge in [-0.1, -0.05) is 6.07 Å². The Morgan fingerprint density at radius 1 is 1.09 bits per heavy atom. The van der Waals surface area contributed by atoms with E-state index in [1.165, 1.54) is 12.4 Å². The van der Waals surface area contributed by atoms with Gasteiger partial charge in [0.1, 0.15) is 11.3 Å². The van der Waals surface area contributed by atoms with Gasteiger partial charge in [-0.3, -0.25) is 4.79 Å². The van der Waals surface area contributed by atoms with E-state index in [1.54, 1.807) is 0 Å². The van der Waals surface area contributed by atoms with Crippen molar-refractivity contribution in [2.75, 3.05) is 0 Å². The number of fused-ring (bicyclic) bond motifs is 1. The molecule has 0 unspecified atom stereocenters. The van der Waals surface area contributed by atoms with Gasteiger partial charge in [0.25, 0.3) is 5.56 Å². The van der Waals surface area contributed by atoms with Crippen LogP contribution in [0.15, 0.2) is 35.4 Å². The second-order valence-corrected chi connectivity index (χ2v) is 4.59. The van der Waals surface area contributed by atoms with Crippen LogP contribution in [0.3, 0.4) is 0 Å². The Kier molecular flexibility index (Phi) is 3.28. The third kappa shape index (κ3) is 2.39. The molecular weight excluding hydrogens is 318 g/mol. The second-order valence-electron chi connectivity index (χ2n) is 4.59. The van der Waals surface area contributed by atoms with Crippen molar-refractivity contribution in [2.45, 2.75) is 6.18 Å². The van der Waals surface area contributed by atoms with E-state index in [0.29, 0.717) is 6.07 Å². The molecule has 118 valence electrons. The SMILES string of the molecule is O=c1[nH]c2nccnc2c(O)c1-c1c(F)cccc1C(F)(F)F. The summed E-state index contributed by atoms with van der Waals surface area (Å²) in [6.07, 6.45) is -2.51. The Labute approximate surface area is 125 Å². The summed E-state index contributed by atoms with van der Waals surface area (Å²) < 4.78 is 53.3. The van der Waals surface area contributed by atoms with Crippen LogP contribution in [-0.4, -0.2) is 20.1 Å². The summed E-state index contributed by atoms with van der Waals surface area (Å²) in [4.78, 5) is 21.7. The van der Waals surface area contributed by atoms with E-state index < -0.39 is 40.0 Å². The fourth-order valence-electron chi connectivity index (χ4n) is 2.25. The van der Waals surface area contributed by atoms with Crippen LogP contribution in [0.25, 0.3) is 22.3 Å². The van der Waals surface area contributed by atoms with Crippen LogP contribution in [0.5, 0.6) is 5.75 Å². The minimum absolute atomic E-state index is 0.122. The van der Waals surface area contributed by atoms with Gasteiger partial charge in [0, 0.05) is 18.0 Å². The maximum Gasteiger partial charge on any atom is 0.417 e. The number of halogens is 4. The smallest absolute Gasteiger partial charge is 0.417 e. The molecule has 0 aliphatic carbocycles. The molecule has 9 heteroatoms. The lowest BCUT2D eigenvalue weighted by molar-refractivity contribution is -0.137. The van der Waals surface area contributed by atoms with Gasteiger partial charge in [0.15, 0.2) is 11.4 Å². The fraction of sp³-hybridized carbons (Fsp3) is 0.0714. The minimum atomic E-state index is -4.91. The zero-order valence-electron chi connectivity index (χ0n) is 11.1. The molecule has 0 saturated carbocycles. The molecule has 0 fully saturated rings. The highest BCUT2D eigenvalue weighted by molar-refractivity contribution is 5.87. The van der Waals surface area contributed by atoms with Crippen molar-refractivity contribution < 1.29 is 22.7 Å². The molecule has 5 nitrogen and oxygen atoms in total. The minimum Gasteiger partial charge on any atom is -0.505 e. The summed E-state index contributed by atoms with van der Waals surface area (Å²) in [6.45, 7) is 0. The predicted octanol–water partition coefficient (Wildman–Crippen LogP) is 2.85. The van der Waals surface area contributed by atoms with Gasteiger partial charge in [-0.05, 0) is 12.1 Å². The van der Waals surface area contributed by atoms with Gasteiger partial charge in [0.2, 0.25) is 0 Å². The lowest BCUT2D eigenvalue weighted by Crippen LogP contribution is -2.15. The van der Waals surface area contributed by atoms with Crippen LogP contribution in [0, 0.1) is 5.82 Å². The van der Waals surface area contributed by atoms with Crippen LogP contribution >= 0.6 is 0 Å². The lowest BCUT2D eigenvalue weighted by atomic mass is 9.98. The number of benzene rings is 1. The number of aromatic hydroxyl groups is 1. The third-order valence-electron chi connectivity index (χ3n) is 3.19. The monoisotopic (exact) mass is 325 g/mol. The van der Waals surface area contributed by atoms with Crippen LogP contribution in [0.1, 0.15) is 5.56 Å². The Balaban J connectivity index is 2.46. The van der Waals surface area contributed by atoms with Crippen molar-refractivity contribution in [3.8, 4) is 16.9 Å². The highest BCUT2D eigenvalue weighted by Gasteiger charge is 2.36. The van der Waals surface area contributed by atoms with Gasteiger partial charge in [-0.2, -0.15) is 13.2 Å². The van der Waals surface area contributed by atoms with Crippen LogP contribution < -0.4 is 5.56 Å². The number of aromatic nitrogens is 3. The molecule has 2 aromatic heterocycles.